The number of ether oxygens (including phenoxy) is 2. The minimum absolute atomic E-state index is 0.0198. The fourth-order valence-corrected chi connectivity index (χ4v) is 6.67. The van der Waals surface area contributed by atoms with E-state index in [1.807, 2.05) is 0 Å². The molecular weight excluding hydrogens is 584 g/mol. The van der Waals surface area contributed by atoms with E-state index in [1.165, 1.54) is 22.0 Å². The predicted molar refractivity (Wildman–Crippen MR) is 150 cm³/mol. The van der Waals surface area contributed by atoms with Gasteiger partial charge in [0, 0.05) is 49.3 Å². The highest BCUT2D eigenvalue weighted by Gasteiger charge is 2.29. The second-order valence-corrected chi connectivity index (χ2v) is 12.9. The van der Waals surface area contributed by atoms with Crippen LogP contribution >= 0.6 is 22.9 Å². The van der Waals surface area contributed by atoms with E-state index in [2.05, 4.69) is 20.3 Å². The number of fused-ring (bicyclic) bond motifs is 1. The molecular formula is C26H28ClF2N5O4S2. The van der Waals surface area contributed by atoms with Gasteiger partial charge in [0.1, 0.15) is 21.9 Å². The van der Waals surface area contributed by atoms with E-state index in [0.717, 1.165) is 36.8 Å². The summed E-state index contributed by atoms with van der Waals surface area (Å²) in [6.07, 6.45) is 3.22. The highest BCUT2D eigenvalue weighted by atomic mass is 35.5. The first-order chi connectivity index (χ1) is 19.2. The van der Waals surface area contributed by atoms with Gasteiger partial charge >= 0.3 is 0 Å². The number of nitrogens with zero attached hydrogens (tertiary/aromatic N) is 4. The first kappa shape index (κ1) is 28.8. The number of alkyl halides is 2. The van der Waals surface area contributed by atoms with E-state index in [1.54, 1.807) is 31.5 Å². The molecule has 1 aliphatic rings. The Bertz CT molecular complexity index is 1620. The molecule has 0 aliphatic carbocycles. The van der Waals surface area contributed by atoms with Gasteiger partial charge in [0.25, 0.3) is 6.43 Å². The Morgan fingerprint density at radius 3 is 2.77 bits per heavy atom. The van der Waals surface area contributed by atoms with Crippen LogP contribution in [0.4, 0.5) is 20.2 Å². The maximum atomic E-state index is 14.1. The van der Waals surface area contributed by atoms with Crippen molar-refractivity contribution >= 4 is 55.3 Å². The lowest BCUT2D eigenvalue weighted by Crippen LogP contribution is -2.20. The number of nitrogens with one attached hydrogen (secondary N) is 1. The van der Waals surface area contributed by atoms with Crippen LogP contribution in [0.2, 0.25) is 5.15 Å². The van der Waals surface area contributed by atoms with Gasteiger partial charge in [0.05, 0.1) is 16.3 Å². The number of hydrogen-bond acceptors (Lipinski definition) is 9. The summed E-state index contributed by atoms with van der Waals surface area (Å²) in [5.41, 5.74) is 1.41. The monoisotopic (exact) mass is 611 g/mol. The zero-order chi connectivity index (χ0) is 28.4. The Labute approximate surface area is 239 Å². The van der Waals surface area contributed by atoms with Gasteiger partial charge in [-0.3, -0.25) is 4.57 Å². The predicted octanol–water partition coefficient (Wildman–Crippen LogP) is 6.57. The molecule has 0 radical (unpaired) electrons. The summed E-state index contributed by atoms with van der Waals surface area (Å²) in [4.78, 5) is 14.0. The molecule has 5 rings (SSSR count). The number of hydrogen-bond donors (Lipinski definition) is 1. The molecule has 9 nitrogen and oxygen atoms in total. The van der Waals surface area contributed by atoms with Crippen LogP contribution in [0.3, 0.4) is 0 Å². The van der Waals surface area contributed by atoms with Crippen LogP contribution in [0.5, 0.6) is 0 Å². The molecule has 4 heterocycles. The van der Waals surface area contributed by atoms with Crippen molar-refractivity contribution in [1.29, 1.82) is 0 Å². The minimum atomic E-state index is -3.71. The second kappa shape index (κ2) is 12.0. The largest absolute Gasteiger partial charge is 0.385 e. The number of imidazole rings is 1. The summed E-state index contributed by atoms with van der Waals surface area (Å²) in [5, 5.41) is 3.79. The number of rotatable bonds is 10. The number of aromatic nitrogens is 4. The minimum Gasteiger partial charge on any atom is -0.385 e. The topological polar surface area (TPSA) is 108 Å². The van der Waals surface area contributed by atoms with Gasteiger partial charge in [0.15, 0.2) is 21.3 Å². The van der Waals surface area contributed by atoms with Crippen LogP contribution in [0.1, 0.15) is 49.0 Å². The molecule has 1 fully saturated rings. The fourth-order valence-electron chi connectivity index (χ4n) is 4.67. The Morgan fingerprint density at radius 2 is 2.08 bits per heavy atom. The van der Waals surface area contributed by atoms with Gasteiger partial charge in [-0.2, -0.15) is 0 Å². The molecule has 1 atom stereocenters. The van der Waals surface area contributed by atoms with E-state index >= 15 is 0 Å². The SMILES string of the molecule is COCCCc1cnc(-c2ccc(Nc3cc(Cl)nc4c3nc(C(F)F)n4C3CCCCO3)c(S(C)(=O)=O)c2)s1. The molecule has 0 amide bonds. The molecule has 0 spiro atoms. The normalized spacial score (nSPS) is 16.2. The maximum Gasteiger partial charge on any atom is 0.295 e. The first-order valence-electron chi connectivity index (χ1n) is 12.7. The van der Waals surface area contributed by atoms with Crippen molar-refractivity contribution in [3.63, 3.8) is 0 Å². The molecule has 0 saturated carbocycles. The molecule has 1 saturated heterocycles. The number of thiazole rings is 1. The third-order valence-corrected chi connectivity index (χ3v) is 8.94. The van der Waals surface area contributed by atoms with Gasteiger partial charge in [0.2, 0.25) is 0 Å². The first-order valence-corrected chi connectivity index (χ1v) is 15.8. The second-order valence-electron chi connectivity index (χ2n) is 9.46. The summed E-state index contributed by atoms with van der Waals surface area (Å²) in [6, 6.07) is 6.36. The number of anilines is 2. The molecule has 1 unspecified atom stereocenters. The lowest BCUT2D eigenvalue weighted by atomic mass is 10.2. The fraction of sp³-hybridized carbons (Fsp3) is 0.423. The third kappa shape index (κ3) is 6.13. The zero-order valence-corrected chi connectivity index (χ0v) is 24.3. The Balaban J connectivity index is 1.54. The van der Waals surface area contributed by atoms with Crippen LogP contribution in [-0.2, 0) is 25.7 Å². The molecule has 214 valence electrons. The van der Waals surface area contributed by atoms with Gasteiger partial charge in [-0.25, -0.2) is 32.2 Å². The number of benzene rings is 1. The standard InChI is InChI=1S/C26H28ClF2N5O4S2/c1-37-10-5-6-16-14-30-26(39-16)15-8-9-17(19(12-15)40(2,35)36)31-18-13-20(27)32-24-22(18)33-25(23(28)29)34(24)21-7-3-4-11-38-21/h8-9,12-14,21,23H,3-7,10-11H2,1-2H3,(H,31,32). The lowest BCUT2D eigenvalue weighted by molar-refractivity contribution is -0.0363. The summed E-state index contributed by atoms with van der Waals surface area (Å²) in [5.74, 6) is -0.483. The van der Waals surface area contributed by atoms with E-state index in [4.69, 9.17) is 21.1 Å². The molecule has 0 bridgehead atoms. The summed E-state index contributed by atoms with van der Waals surface area (Å²) in [6.45, 7) is 1.08. The maximum absolute atomic E-state index is 14.1. The van der Waals surface area contributed by atoms with Gasteiger partial charge in [-0.1, -0.05) is 11.6 Å². The van der Waals surface area contributed by atoms with Crippen LogP contribution in [0, 0.1) is 0 Å². The molecule has 1 aromatic carbocycles. The highest BCUT2D eigenvalue weighted by Crippen LogP contribution is 2.38. The van der Waals surface area contributed by atoms with E-state index in [0.29, 0.717) is 30.2 Å². The Morgan fingerprint density at radius 1 is 1.25 bits per heavy atom. The van der Waals surface area contributed by atoms with Crippen molar-refractivity contribution in [1.82, 2.24) is 19.5 Å². The molecule has 4 aromatic rings. The van der Waals surface area contributed by atoms with Crippen LogP contribution in [0.25, 0.3) is 21.7 Å². The van der Waals surface area contributed by atoms with Crippen LogP contribution < -0.4 is 5.32 Å². The molecule has 40 heavy (non-hydrogen) atoms. The Hall–Kier alpha value is -2.71. The van der Waals surface area contributed by atoms with E-state index in [9.17, 15) is 17.2 Å². The number of pyridine rings is 1. The van der Waals surface area contributed by atoms with Crippen molar-refractivity contribution in [2.45, 2.75) is 49.7 Å². The smallest absolute Gasteiger partial charge is 0.295 e. The van der Waals surface area contributed by atoms with Gasteiger partial charge in [-0.15, -0.1) is 11.3 Å². The Kier molecular flexibility index (Phi) is 8.66. The van der Waals surface area contributed by atoms with Crippen LogP contribution in [-0.4, -0.2) is 54.5 Å². The van der Waals surface area contributed by atoms with Crippen molar-refractivity contribution in [3.8, 4) is 10.6 Å². The summed E-state index contributed by atoms with van der Waals surface area (Å²) >= 11 is 7.81. The van der Waals surface area contributed by atoms with E-state index < -0.39 is 28.3 Å². The van der Waals surface area contributed by atoms with Crippen molar-refractivity contribution in [3.05, 3.63) is 46.3 Å². The quantitative estimate of drug-likeness (QED) is 0.158. The third-order valence-electron chi connectivity index (χ3n) is 6.51. The van der Waals surface area contributed by atoms with Gasteiger partial charge in [-0.05, 0) is 50.3 Å². The summed E-state index contributed by atoms with van der Waals surface area (Å²) in [7, 11) is -2.06. The number of aryl methyl sites for hydroxylation is 1. The number of methoxy groups -OCH3 is 1. The molecule has 3 aromatic heterocycles. The number of sulfone groups is 1. The average Bonchev–Trinajstić information content (AvgIpc) is 3.54. The lowest BCUT2D eigenvalue weighted by Gasteiger charge is -2.25. The van der Waals surface area contributed by atoms with Crippen molar-refractivity contribution < 1.29 is 26.7 Å². The number of halogens is 3. The van der Waals surface area contributed by atoms with Crippen molar-refractivity contribution in [2.24, 2.45) is 0 Å². The van der Waals surface area contributed by atoms with E-state index in [-0.39, 0.29) is 32.6 Å². The van der Waals surface area contributed by atoms with Gasteiger partial charge < -0.3 is 14.8 Å². The molecule has 1 N–H and O–H groups in total. The highest BCUT2D eigenvalue weighted by molar-refractivity contribution is 7.90. The average molecular weight is 612 g/mol. The zero-order valence-electron chi connectivity index (χ0n) is 21.9. The van der Waals surface area contributed by atoms with Crippen molar-refractivity contribution in [2.75, 3.05) is 31.9 Å². The molecule has 14 heteroatoms. The molecule has 1 aliphatic heterocycles. The summed E-state index contributed by atoms with van der Waals surface area (Å²) < 4.78 is 66.0. The van der Waals surface area contributed by atoms with Crippen LogP contribution in [0.15, 0.2) is 35.4 Å².